The molecule has 1 N–H and O–H groups in total. The first-order valence-electron chi connectivity index (χ1n) is 9.43. The lowest BCUT2D eigenvalue weighted by molar-refractivity contribution is -0.385. The summed E-state index contributed by atoms with van der Waals surface area (Å²) < 4.78 is 31.7. The zero-order chi connectivity index (χ0) is 22.6. The second-order valence-electron chi connectivity index (χ2n) is 7.02. The van der Waals surface area contributed by atoms with Crippen LogP contribution in [-0.2, 0) is 24.3 Å². The number of thiophene rings is 1. The summed E-state index contributed by atoms with van der Waals surface area (Å²) in [6.45, 7) is 1.44. The predicted octanol–water partition coefficient (Wildman–Crippen LogP) is 2.55. The van der Waals surface area contributed by atoms with Gasteiger partial charge >= 0.3 is 5.97 Å². The molecule has 2 heterocycles. The summed E-state index contributed by atoms with van der Waals surface area (Å²) in [4.78, 5) is 34.7. The van der Waals surface area contributed by atoms with Gasteiger partial charge in [-0.25, -0.2) is 8.42 Å². The van der Waals surface area contributed by atoms with E-state index in [-0.39, 0.29) is 28.7 Å². The SMILES string of the molecule is Cc1ccc(NC(=O)COC(=O)C2CCN(S(=O)(=O)c3cccs3)CC2)cc1[N+](=O)[O-]. The van der Waals surface area contributed by atoms with Gasteiger partial charge in [-0.3, -0.25) is 19.7 Å². The zero-order valence-corrected chi connectivity index (χ0v) is 18.3. The largest absolute Gasteiger partial charge is 0.455 e. The lowest BCUT2D eigenvalue weighted by atomic mass is 9.98. The van der Waals surface area contributed by atoms with Gasteiger partial charge in [0.15, 0.2) is 6.61 Å². The Bertz CT molecular complexity index is 1080. The van der Waals surface area contributed by atoms with E-state index < -0.39 is 39.3 Å². The fourth-order valence-corrected chi connectivity index (χ4v) is 5.82. The van der Waals surface area contributed by atoms with Crippen molar-refractivity contribution < 1.29 is 27.7 Å². The fraction of sp³-hybridized carbons (Fsp3) is 0.368. The summed E-state index contributed by atoms with van der Waals surface area (Å²) in [5.74, 6) is -1.69. The van der Waals surface area contributed by atoms with Gasteiger partial charge in [-0.1, -0.05) is 12.1 Å². The first kappa shape index (κ1) is 22.8. The Hall–Kier alpha value is -2.83. The molecule has 0 spiro atoms. The second kappa shape index (κ2) is 9.54. The van der Waals surface area contributed by atoms with E-state index in [9.17, 15) is 28.1 Å². The Balaban J connectivity index is 1.48. The summed E-state index contributed by atoms with van der Waals surface area (Å²) in [6.07, 6.45) is 0.602. The lowest BCUT2D eigenvalue weighted by Crippen LogP contribution is -2.40. The monoisotopic (exact) mass is 467 g/mol. The number of hydrogen-bond donors (Lipinski definition) is 1. The van der Waals surface area contributed by atoms with E-state index in [4.69, 9.17) is 4.74 Å². The van der Waals surface area contributed by atoms with E-state index in [0.29, 0.717) is 18.4 Å². The highest BCUT2D eigenvalue weighted by Crippen LogP contribution is 2.27. The number of sulfonamides is 1. The van der Waals surface area contributed by atoms with Crippen molar-refractivity contribution in [2.45, 2.75) is 24.0 Å². The van der Waals surface area contributed by atoms with Gasteiger partial charge < -0.3 is 10.1 Å². The normalized spacial score (nSPS) is 15.4. The van der Waals surface area contributed by atoms with Gasteiger partial charge in [0.25, 0.3) is 21.6 Å². The maximum absolute atomic E-state index is 12.5. The van der Waals surface area contributed by atoms with Crippen LogP contribution in [0.1, 0.15) is 18.4 Å². The molecule has 1 aliphatic rings. The highest BCUT2D eigenvalue weighted by atomic mass is 32.2. The van der Waals surface area contributed by atoms with Gasteiger partial charge in [0.05, 0.1) is 10.8 Å². The highest BCUT2D eigenvalue weighted by Gasteiger charge is 2.33. The molecule has 0 bridgehead atoms. The number of amides is 1. The van der Waals surface area contributed by atoms with E-state index >= 15 is 0 Å². The van der Waals surface area contributed by atoms with E-state index in [1.54, 1.807) is 24.4 Å². The molecular weight excluding hydrogens is 446 g/mol. The summed E-state index contributed by atoms with van der Waals surface area (Å²) in [5, 5.41) is 15.1. The average molecular weight is 468 g/mol. The summed E-state index contributed by atoms with van der Waals surface area (Å²) in [5.41, 5.74) is 0.561. The lowest BCUT2D eigenvalue weighted by Gasteiger charge is -2.29. The van der Waals surface area contributed by atoms with Gasteiger partial charge in [-0.05, 0) is 37.3 Å². The zero-order valence-electron chi connectivity index (χ0n) is 16.6. The molecule has 12 heteroatoms. The minimum atomic E-state index is -3.55. The Morgan fingerprint density at radius 2 is 2.00 bits per heavy atom. The smallest absolute Gasteiger partial charge is 0.309 e. The number of nitro benzene ring substituents is 1. The molecule has 1 aromatic carbocycles. The van der Waals surface area contributed by atoms with Crippen LogP contribution in [-0.4, -0.2) is 49.2 Å². The number of esters is 1. The van der Waals surface area contributed by atoms with Crippen LogP contribution in [0.4, 0.5) is 11.4 Å². The van der Waals surface area contributed by atoms with E-state index in [1.807, 2.05) is 0 Å². The number of rotatable bonds is 7. The molecule has 3 rings (SSSR count). The molecule has 31 heavy (non-hydrogen) atoms. The van der Waals surface area contributed by atoms with Crippen LogP contribution in [0, 0.1) is 23.0 Å². The molecule has 1 amide bonds. The molecule has 10 nitrogen and oxygen atoms in total. The third-order valence-electron chi connectivity index (χ3n) is 4.91. The number of ether oxygens (including phenoxy) is 1. The van der Waals surface area contributed by atoms with Crippen molar-refractivity contribution in [3.63, 3.8) is 0 Å². The van der Waals surface area contributed by atoms with Crippen molar-refractivity contribution >= 4 is 44.6 Å². The first-order valence-corrected chi connectivity index (χ1v) is 11.8. The van der Waals surface area contributed by atoms with Crippen LogP contribution in [0.3, 0.4) is 0 Å². The molecule has 1 saturated heterocycles. The molecule has 0 atom stereocenters. The van der Waals surface area contributed by atoms with Gasteiger partial charge in [-0.15, -0.1) is 11.3 Å². The predicted molar refractivity (Wildman–Crippen MR) is 113 cm³/mol. The van der Waals surface area contributed by atoms with Gasteiger partial charge in [0.1, 0.15) is 4.21 Å². The number of anilines is 1. The van der Waals surface area contributed by atoms with Crippen LogP contribution >= 0.6 is 11.3 Å². The van der Waals surface area contributed by atoms with E-state index in [0.717, 1.165) is 11.3 Å². The molecule has 0 radical (unpaired) electrons. The third-order valence-corrected chi connectivity index (χ3v) is 8.18. The van der Waals surface area contributed by atoms with Crippen molar-refractivity contribution in [2.75, 3.05) is 25.0 Å². The van der Waals surface area contributed by atoms with Gasteiger partial charge in [0.2, 0.25) is 0 Å². The third kappa shape index (κ3) is 5.46. The highest BCUT2D eigenvalue weighted by molar-refractivity contribution is 7.91. The van der Waals surface area contributed by atoms with E-state index in [1.165, 1.54) is 22.5 Å². The maximum Gasteiger partial charge on any atom is 0.309 e. The Morgan fingerprint density at radius 3 is 2.61 bits per heavy atom. The standard InChI is InChI=1S/C19H21N3O7S2/c1-13-4-5-15(11-16(13)22(25)26)20-17(23)12-29-19(24)14-6-8-21(9-7-14)31(27,28)18-3-2-10-30-18/h2-5,10-11,14H,6-9,12H2,1H3,(H,20,23). The molecular formula is C19H21N3O7S2. The summed E-state index contributed by atoms with van der Waals surface area (Å²) in [6, 6.07) is 7.48. The summed E-state index contributed by atoms with van der Waals surface area (Å²) >= 11 is 1.14. The Labute approximate surface area is 183 Å². The number of carbonyl (C=O) groups is 2. The Kier molecular flexibility index (Phi) is 7.03. The molecule has 2 aromatic rings. The number of piperidine rings is 1. The molecule has 0 saturated carbocycles. The second-order valence-corrected chi connectivity index (χ2v) is 10.1. The minimum Gasteiger partial charge on any atom is -0.455 e. The molecule has 0 unspecified atom stereocenters. The topological polar surface area (TPSA) is 136 Å². The fourth-order valence-electron chi connectivity index (χ4n) is 3.20. The van der Waals surface area contributed by atoms with Crippen molar-refractivity contribution in [1.82, 2.24) is 4.31 Å². The van der Waals surface area contributed by atoms with Crippen LogP contribution in [0.25, 0.3) is 0 Å². The van der Waals surface area contributed by atoms with Crippen LogP contribution in [0.5, 0.6) is 0 Å². The summed E-state index contributed by atoms with van der Waals surface area (Å²) in [7, 11) is -3.55. The Morgan fingerprint density at radius 1 is 1.29 bits per heavy atom. The number of nitro groups is 1. The van der Waals surface area contributed by atoms with Gasteiger partial charge in [0, 0.05) is 30.4 Å². The van der Waals surface area contributed by atoms with Crippen LogP contribution < -0.4 is 5.32 Å². The van der Waals surface area contributed by atoms with Crippen LogP contribution in [0.2, 0.25) is 0 Å². The number of carbonyl (C=O) groups excluding carboxylic acids is 2. The first-order chi connectivity index (χ1) is 14.7. The van der Waals surface area contributed by atoms with Crippen molar-refractivity contribution in [3.05, 3.63) is 51.4 Å². The quantitative estimate of drug-likeness (QED) is 0.375. The molecule has 1 aromatic heterocycles. The number of hydrogen-bond acceptors (Lipinski definition) is 8. The van der Waals surface area contributed by atoms with Gasteiger partial charge in [-0.2, -0.15) is 4.31 Å². The maximum atomic E-state index is 12.5. The number of nitrogens with zero attached hydrogens (tertiary/aromatic N) is 2. The molecule has 166 valence electrons. The minimum absolute atomic E-state index is 0.126. The average Bonchev–Trinajstić information content (AvgIpc) is 3.29. The molecule has 0 aliphatic carbocycles. The number of benzene rings is 1. The molecule has 1 fully saturated rings. The molecule has 1 aliphatic heterocycles. The van der Waals surface area contributed by atoms with Crippen molar-refractivity contribution in [3.8, 4) is 0 Å². The van der Waals surface area contributed by atoms with Crippen molar-refractivity contribution in [1.29, 1.82) is 0 Å². The van der Waals surface area contributed by atoms with Crippen LogP contribution in [0.15, 0.2) is 39.9 Å². The number of aryl methyl sites for hydroxylation is 1. The van der Waals surface area contributed by atoms with Crippen molar-refractivity contribution in [2.24, 2.45) is 5.92 Å². The number of nitrogens with one attached hydrogen (secondary N) is 1. The van der Waals surface area contributed by atoms with E-state index in [2.05, 4.69) is 5.32 Å².